The molecule has 0 aromatic rings. The summed E-state index contributed by atoms with van der Waals surface area (Å²) in [6.45, 7) is 1.72. The van der Waals surface area contributed by atoms with Gasteiger partial charge < -0.3 is 15.5 Å². The van der Waals surface area contributed by atoms with Crippen LogP contribution >= 0.6 is 0 Å². The van der Waals surface area contributed by atoms with E-state index in [0.29, 0.717) is 24.7 Å². The van der Waals surface area contributed by atoms with Crippen molar-refractivity contribution < 1.29 is 19.8 Å². The Morgan fingerprint density at radius 1 is 1.00 bits per heavy atom. The number of nitrogens with one attached hydrogen (secondary N) is 1. The topological polar surface area (TPSA) is 86.6 Å². The molecule has 0 amide bonds. The number of carboxylic acids is 2. The minimum absolute atomic E-state index is 0.206. The Morgan fingerprint density at radius 3 is 1.81 bits per heavy atom. The van der Waals surface area contributed by atoms with Gasteiger partial charge in [0.05, 0.1) is 0 Å². The maximum atomic E-state index is 10.4. The molecule has 0 spiro atoms. The van der Waals surface area contributed by atoms with E-state index in [-0.39, 0.29) is 12.8 Å². The summed E-state index contributed by atoms with van der Waals surface area (Å²) in [4.78, 5) is 20.9. The molecule has 0 aliphatic carbocycles. The minimum Gasteiger partial charge on any atom is -0.481 e. The molecule has 0 bridgehead atoms. The van der Waals surface area contributed by atoms with Crippen LogP contribution in [0.2, 0.25) is 0 Å². The highest BCUT2D eigenvalue weighted by atomic mass is 16.4. The van der Waals surface area contributed by atoms with Crippen LogP contribution in [0.25, 0.3) is 0 Å². The zero-order valence-corrected chi connectivity index (χ0v) is 9.32. The fourth-order valence-corrected chi connectivity index (χ4v) is 2.22. The number of hydrogen-bond donors (Lipinski definition) is 3. The predicted octanol–water partition coefficient (Wildman–Crippen LogP) is 0.942. The third-order valence-electron chi connectivity index (χ3n) is 3.07. The summed E-state index contributed by atoms with van der Waals surface area (Å²) in [6, 6.07) is 0. The van der Waals surface area contributed by atoms with Crippen molar-refractivity contribution in [2.75, 3.05) is 13.1 Å². The molecule has 1 heterocycles. The molecule has 2 atom stereocenters. The molecule has 5 nitrogen and oxygen atoms in total. The number of hydrogen-bond acceptors (Lipinski definition) is 3. The zero-order chi connectivity index (χ0) is 12.0. The van der Waals surface area contributed by atoms with E-state index in [1.807, 2.05) is 0 Å². The number of carbonyl (C=O) groups is 2. The highest BCUT2D eigenvalue weighted by Crippen LogP contribution is 2.23. The summed E-state index contributed by atoms with van der Waals surface area (Å²) in [5.74, 6) is -0.757. The molecular formula is C11H19NO4. The molecule has 1 saturated heterocycles. The Hall–Kier alpha value is -1.10. The lowest BCUT2D eigenvalue weighted by atomic mass is 9.85. The van der Waals surface area contributed by atoms with Gasteiger partial charge >= 0.3 is 11.9 Å². The molecule has 1 rings (SSSR count). The Bertz CT molecular complexity index is 230. The fraction of sp³-hybridized carbons (Fsp3) is 0.818. The largest absolute Gasteiger partial charge is 0.481 e. The molecule has 0 unspecified atom stereocenters. The van der Waals surface area contributed by atoms with E-state index in [1.54, 1.807) is 0 Å². The van der Waals surface area contributed by atoms with Crippen molar-refractivity contribution in [2.45, 2.75) is 32.1 Å². The lowest BCUT2D eigenvalue weighted by Crippen LogP contribution is -2.36. The molecule has 92 valence electrons. The van der Waals surface area contributed by atoms with Crippen molar-refractivity contribution in [1.82, 2.24) is 5.32 Å². The van der Waals surface area contributed by atoms with Crippen LogP contribution in [-0.4, -0.2) is 35.2 Å². The monoisotopic (exact) mass is 229 g/mol. The van der Waals surface area contributed by atoms with Gasteiger partial charge in [-0.25, -0.2) is 0 Å². The third-order valence-corrected chi connectivity index (χ3v) is 3.07. The lowest BCUT2D eigenvalue weighted by Gasteiger charge is -2.29. The van der Waals surface area contributed by atoms with Gasteiger partial charge in [-0.1, -0.05) is 0 Å². The highest BCUT2D eigenvalue weighted by molar-refractivity contribution is 5.66. The summed E-state index contributed by atoms with van der Waals surface area (Å²) in [6.07, 6.45) is 2.74. The Morgan fingerprint density at radius 2 is 1.44 bits per heavy atom. The van der Waals surface area contributed by atoms with E-state index >= 15 is 0 Å². The highest BCUT2D eigenvalue weighted by Gasteiger charge is 2.22. The van der Waals surface area contributed by atoms with Gasteiger partial charge in [0.15, 0.2) is 0 Å². The molecule has 16 heavy (non-hydrogen) atoms. The number of piperidine rings is 1. The van der Waals surface area contributed by atoms with Gasteiger partial charge in [0, 0.05) is 12.8 Å². The second-order valence-corrected chi connectivity index (χ2v) is 4.49. The van der Waals surface area contributed by atoms with Gasteiger partial charge in [-0.3, -0.25) is 9.59 Å². The van der Waals surface area contributed by atoms with Gasteiger partial charge in [0.2, 0.25) is 0 Å². The quantitative estimate of drug-likeness (QED) is 0.631. The normalized spacial score (nSPS) is 25.2. The molecule has 0 aromatic carbocycles. The van der Waals surface area contributed by atoms with Crippen molar-refractivity contribution in [1.29, 1.82) is 0 Å². The first-order valence-electron chi connectivity index (χ1n) is 5.72. The second-order valence-electron chi connectivity index (χ2n) is 4.49. The molecule has 0 saturated carbocycles. The van der Waals surface area contributed by atoms with E-state index in [0.717, 1.165) is 19.5 Å². The van der Waals surface area contributed by atoms with Crippen molar-refractivity contribution in [3.05, 3.63) is 0 Å². The molecule has 1 aliphatic heterocycles. The predicted molar refractivity (Wildman–Crippen MR) is 58.2 cm³/mol. The van der Waals surface area contributed by atoms with E-state index in [4.69, 9.17) is 10.2 Å². The average molecular weight is 229 g/mol. The van der Waals surface area contributed by atoms with Crippen molar-refractivity contribution in [3.63, 3.8) is 0 Å². The van der Waals surface area contributed by atoms with Crippen molar-refractivity contribution in [3.8, 4) is 0 Å². The SMILES string of the molecule is O=C(O)CC[C@@H]1CNC[C@H](CCC(=O)O)C1. The maximum Gasteiger partial charge on any atom is 0.303 e. The molecular weight excluding hydrogens is 210 g/mol. The molecule has 3 N–H and O–H groups in total. The molecule has 5 heteroatoms. The smallest absolute Gasteiger partial charge is 0.303 e. The summed E-state index contributed by atoms with van der Waals surface area (Å²) >= 11 is 0. The van der Waals surface area contributed by atoms with Gasteiger partial charge in [0.25, 0.3) is 0 Å². The first-order valence-corrected chi connectivity index (χ1v) is 5.72. The number of aliphatic carboxylic acids is 2. The van der Waals surface area contributed by atoms with Gasteiger partial charge in [0.1, 0.15) is 0 Å². The first kappa shape index (κ1) is 13.0. The van der Waals surface area contributed by atoms with Crippen LogP contribution < -0.4 is 5.32 Å². The van der Waals surface area contributed by atoms with Crippen LogP contribution in [0.15, 0.2) is 0 Å². The summed E-state index contributed by atoms with van der Waals surface area (Å²) < 4.78 is 0. The molecule has 1 aliphatic rings. The van der Waals surface area contributed by atoms with Crippen molar-refractivity contribution in [2.24, 2.45) is 11.8 Å². The summed E-state index contributed by atoms with van der Waals surface area (Å²) in [5.41, 5.74) is 0. The Labute approximate surface area is 94.8 Å². The van der Waals surface area contributed by atoms with Gasteiger partial charge in [-0.05, 0) is 44.2 Å². The lowest BCUT2D eigenvalue weighted by molar-refractivity contribution is -0.138. The number of carboxylic acid groups (broad SMARTS) is 2. The van der Waals surface area contributed by atoms with Crippen molar-refractivity contribution >= 4 is 11.9 Å². The van der Waals surface area contributed by atoms with E-state index in [9.17, 15) is 9.59 Å². The van der Waals surface area contributed by atoms with Crippen LogP contribution in [0.3, 0.4) is 0 Å². The van der Waals surface area contributed by atoms with E-state index < -0.39 is 11.9 Å². The maximum absolute atomic E-state index is 10.4. The average Bonchev–Trinajstić information content (AvgIpc) is 2.24. The Balaban J connectivity index is 2.24. The fourth-order valence-electron chi connectivity index (χ4n) is 2.22. The minimum atomic E-state index is -0.757. The first-order chi connectivity index (χ1) is 7.58. The molecule has 1 fully saturated rings. The van der Waals surface area contributed by atoms with Crippen LogP contribution in [0.5, 0.6) is 0 Å². The summed E-state index contributed by atoms with van der Waals surface area (Å²) in [5, 5.41) is 20.4. The van der Waals surface area contributed by atoms with Crippen LogP contribution in [0.4, 0.5) is 0 Å². The van der Waals surface area contributed by atoms with Crippen LogP contribution in [0.1, 0.15) is 32.1 Å². The van der Waals surface area contributed by atoms with E-state index in [2.05, 4.69) is 5.32 Å². The zero-order valence-electron chi connectivity index (χ0n) is 9.32. The second kappa shape index (κ2) is 6.48. The number of rotatable bonds is 6. The molecule has 0 radical (unpaired) electrons. The molecule has 0 aromatic heterocycles. The van der Waals surface area contributed by atoms with Gasteiger partial charge in [-0.2, -0.15) is 0 Å². The van der Waals surface area contributed by atoms with E-state index in [1.165, 1.54) is 0 Å². The van der Waals surface area contributed by atoms with Crippen LogP contribution in [-0.2, 0) is 9.59 Å². The Kier molecular flexibility index (Phi) is 5.25. The van der Waals surface area contributed by atoms with Gasteiger partial charge in [-0.15, -0.1) is 0 Å². The van der Waals surface area contributed by atoms with Crippen LogP contribution in [0, 0.1) is 11.8 Å². The standard InChI is InChI=1S/C11H19NO4/c13-10(14)3-1-8-5-9(7-12-6-8)2-4-11(15)16/h8-9,12H,1-7H2,(H,13,14)(H,15,16)/t8-,9+. The summed E-state index contributed by atoms with van der Waals surface area (Å²) in [7, 11) is 0. The third kappa shape index (κ3) is 5.11.